The summed E-state index contributed by atoms with van der Waals surface area (Å²) in [7, 11) is 0. The molecule has 0 atom stereocenters. The summed E-state index contributed by atoms with van der Waals surface area (Å²) in [5.74, 6) is 0. The summed E-state index contributed by atoms with van der Waals surface area (Å²) in [6.07, 6.45) is 5.72. The van der Waals surface area contributed by atoms with Crippen molar-refractivity contribution < 1.29 is 0 Å². The third-order valence-corrected chi connectivity index (χ3v) is 8.34. The number of aromatic nitrogens is 4. The molecule has 0 saturated heterocycles. The Morgan fingerprint density at radius 2 is 1.84 bits per heavy atom. The van der Waals surface area contributed by atoms with Crippen molar-refractivity contribution in [1.82, 2.24) is 18.9 Å². The fourth-order valence-electron chi connectivity index (χ4n) is 4.21. The molecule has 4 aromatic heterocycles. The quantitative estimate of drug-likeness (QED) is 0.373. The number of thiazole rings is 1. The van der Waals surface area contributed by atoms with E-state index in [-0.39, 0.29) is 17.7 Å². The minimum atomic E-state index is -0.132. The molecule has 160 valence electrons. The van der Waals surface area contributed by atoms with Crippen molar-refractivity contribution in [2.75, 3.05) is 0 Å². The fraction of sp³-hybridized carbons (Fsp3) is 0.217. The highest BCUT2D eigenvalue weighted by Gasteiger charge is 2.19. The maximum atomic E-state index is 13.1. The molecular weight excluding hydrogens is 464 g/mol. The molecular formula is C23H17ClN4O2S2. The largest absolute Gasteiger partial charge is 0.292 e. The van der Waals surface area contributed by atoms with Crippen LogP contribution in [0.3, 0.4) is 0 Å². The summed E-state index contributed by atoms with van der Waals surface area (Å²) in [6, 6.07) is 11.0. The van der Waals surface area contributed by atoms with Gasteiger partial charge in [0, 0.05) is 26.5 Å². The molecule has 32 heavy (non-hydrogen) atoms. The Morgan fingerprint density at radius 3 is 2.69 bits per heavy atom. The van der Waals surface area contributed by atoms with Gasteiger partial charge in [-0.25, -0.2) is 9.97 Å². The van der Waals surface area contributed by atoms with E-state index in [0.717, 1.165) is 41.8 Å². The summed E-state index contributed by atoms with van der Waals surface area (Å²) in [5, 5.41) is 0.669. The van der Waals surface area contributed by atoms with Gasteiger partial charge in [0.25, 0.3) is 11.1 Å². The first-order valence-corrected chi connectivity index (χ1v) is 12.4. The number of halogens is 1. The average molecular weight is 481 g/mol. The van der Waals surface area contributed by atoms with Gasteiger partial charge in [0.05, 0.1) is 24.1 Å². The van der Waals surface area contributed by atoms with E-state index < -0.39 is 0 Å². The van der Waals surface area contributed by atoms with E-state index in [1.54, 1.807) is 21.8 Å². The van der Waals surface area contributed by atoms with E-state index in [0.29, 0.717) is 25.9 Å². The van der Waals surface area contributed by atoms with Crippen LogP contribution in [0.2, 0.25) is 5.02 Å². The van der Waals surface area contributed by atoms with Crippen molar-refractivity contribution in [3.8, 4) is 10.4 Å². The Kier molecular flexibility index (Phi) is 4.74. The van der Waals surface area contributed by atoms with Crippen molar-refractivity contribution in [2.24, 2.45) is 0 Å². The van der Waals surface area contributed by atoms with E-state index in [9.17, 15) is 9.59 Å². The Morgan fingerprint density at radius 1 is 1.03 bits per heavy atom. The molecule has 1 aromatic carbocycles. The van der Waals surface area contributed by atoms with Gasteiger partial charge in [0.2, 0.25) is 0 Å². The molecule has 0 radical (unpaired) electrons. The van der Waals surface area contributed by atoms with Gasteiger partial charge in [-0.2, -0.15) is 0 Å². The maximum Gasteiger partial charge on any atom is 0.271 e. The molecule has 0 aliphatic heterocycles. The van der Waals surface area contributed by atoms with Gasteiger partial charge in [-0.05, 0) is 49.4 Å². The number of thiophene rings is 1. The number of fused-ring (bicyclic) bond motifs is 4. The Bertz CT molecular complexity index is 1610. The van der Waals surface area contributed by atoms with Crippen LogP contribution < -0.4 is 11.1 Å². The summed E-state index contributed by atoms with van der Waals surface area (Å²) < 4.78 is 3.85. The average Bonchev–Trinajstić information content (AvgIpc) is 3.38. The third-order valence-electron chi connectivity index (χ3n) is 5.78. The van der Waals surface area contributed by atoms with Crippen LogP contribution in [0.25, 0.3) is 25.6 Å². The van der Waals surface area contributed by atoms with Gasteiger partial charge in [0.15, 0.2) is 4.96 Å². The minimum absolute atomic E-state index is 0.0763. The summed E-state index contributed by atoms with van der Waals surface area (Å²) in [5.41, 5.74) is 3.13. The van der Waals surface area contributed by atoms with Crippen molar-refractivity contribution in [3.63, 3.8) is 0 Å². The van der Waals surface area contributed by atoms with E-state index in [1.807, 2.05) is 30.3 Å². The Balaban J connectivity index is 1.39. The Labute approximate surface area is 195 Å². The molecule has 0 amide bonds. The van der Waals surface area contributed by atoms with Gasteiger partial charge in [-0.3, -0.25) is 18.6 Å². The first-order chi connectivity index (χ1) is 15.6. The number of benzene rings is 1. The fourth-order valence-corrected chi connectivity index (χ4v) is 6.64. The van der Waals surface area contributed by atoms with Crippen LogP contribution in [0.1, 0.15) is 29.1 Å². The highest BCUT2D eigenvalue weighted by Crippen LogP contribution is 2.31. The summed E-state index contributed by atoms with van der Waals surface area (Å²) >= 11 is 8.98. The molecule has 9 heteroatoms. The molecule has 1 aliphatic carbocycles. The molecule has 1 aliphatic rings. The van der Waals surface area contributed by atoms with Crippen LogP contribution in [-0.4, -0.2) is 18.9 Å². The third kappa shape index (κ3) is 3.30. The van der Waals surface area contributed by atoms with Crippen LogP contribution in [0.15, 0.2) is 52.3 Å². The number of aryl methyl sites for hydroxylation is 2. The van der Waals surface area contributed by atoms with Crippen molar-refractivity contribution >= 4 is 49.5 Å². The molecule has 0 fully saturated rings. The zero-order valence-electron chi connectivity index (χ0n) is 16.9. The predicted molar refractivity (Wildman–Crippen MR) is 129 cm³/mol. The van der Waals surface area contributed by atoms with E-state index in [4.69, 9.17) is 16.6 Å². The van der Waals surface area contributed by atoms with E-state index >= 15 is 0 Å². The highest BCUT2D eigenvalue weighted by atomic mass is 35.5. The molecule has 0 unspecified atom stereocenters. The smallest absolute Gasteiger partial charge is 0.271 e. The number of rotatable bonds is 3. The molecule has 0 N–H and O–H groups in total. The van der Waals surface area contributed by atoms with Crippen LogP contribution in [-0.2, 0) is 19.4 Å². The van der Waals surface area contributed by atoms with Crippen molar-refractivity contribution in [2.45, 2.75) is 32.2 Å². The SMILES string of the molecule is O=c1c2sc(-c3ccc(Cl)cc3)cc2ncn1Cc1cc(=O)n2c3c(sc2n1)CCCC3. The lowest BCUT2D eigenvalue weighted by molar-refractivity contribution is 0.668. The van der Waals surface area contributed by atoms with Gasteiger partial charge in [-0.1, -0.05) is 23.7 Å². The molecule has 0 saturated carbocycles. The van der Waals surface area contributed by atoms with Crippen LogP contribution in [0.4, 0.5) is 0 Å². The summed E-state index contributed by atoms with van der Waals surface area (Å²) in [4.78, 5) is 38.1. The first kappa shape index (κ1) is 19.8. The lowest BCUT2D eigenvalue weighted by atomic mass is 10.0. The number of nitrogens with zero attached hydrogens (tertiary/aromatic N) is 4. The van der Waals surface area contributed by atoms with Crippen LogP contribution in [0.5, 0.6) is 0 Å². The molecule has 5 aromatic rings. The second kappa shape index (κ2) is 7.65. The highest BCUT2D eigenvalue weighted by molar-refractivity contribution is 7.22. The predicted octanol–water partition coefficient (Wildman–Crippen LogP) is 4.77. The van der Waals surface area contributed by atoms with Crippen molar-refractivity contribution in [1.29, 1.82) is 0 Å². The zero-order valence-corrected chi connectivity index (χ0v) is 19.3. The molecule has 6 nitrogen and oxygen atoms in total. The molecule has 4 heterocycles. The van der Waals surface area contributed by atoms with Crippen LogP contribution >= 0.6 is 34.3 Å². The first-order valence-electron chi connectivity index (χ1n) is 10.3. The van der Waals surface area contributed by atoms with Crippen molar-refractivity contribution in [3.05, 3.63) is 84.7 Å². The van der Waals surface area contributed by atoms with E-state index in [2.05, 4.69) is 4.98 Å². The van der Waals surface area contributed by atoms with Gasteiger partial charge >= 0.3 is 0 Å². The Hall–Kier alpha value is -2.81. The molecule has 0 spiro atoms. The molecule has 6 rings (SSSR count). The lowest BCUT2D eigenvalue weighted by Gasteiger charge is -2.10. The standard InChI is InChI=1S/C23H17ClN4O2S2/c24-14-7-5-13(6-8-14)19-10-16-21(31-19)22(30)27(12-25-16)11-15-9-20(29)28-17-3-1-2-4-18(17)32-23(28)26-15/h5-10,12H,1-4,11H2. The minimum Gasteiger partial charge on any atom is -0.292 e. The zero-order chi connectivity index (χ0) is 21.8. The monoisotopic (exact) mass is 480 g/mol. The van der Waals surface area contributed by atoms with Gasteiger partial charge in [-0.15, -0.1) is 22.7 Å². The second-order valence-corrected chi connectivity index (χ2v) is 10.4. The topological polar surface area (TPSA) is 69.3 Å². The number of hydrogen-bond donors (Lipinski definition) is 0. The van der Waals surface area contributed by atoms with Gasteiger partial charge < -0.3 is 0 Å². The van der Waals surface area contributed by atoms with Crippen LogP contribution in [0, 0.1) is 0 Å². The number of hydrogen-bond acceptors (Lipinski definition) is 6. The van der Waals surface area contributed by atoms with Gasteiger partial charge in [0.1, 0.15) is 4.70 Å². The second-order valence-electron chi connectivity index (χ2n) is 7.89. The summed E-state index contributed by atoms with van der Waals surface area (Å²) in [6.45, 7) is 0.213. The molecule has 0 bridgehead atoms. The normalized spacial score (nSPS) is 13.7. The maximum absolute atomic E-state index is 13.1. The van der Waals surface area contributed by atoms with E-state index in [1.165, 1.54) is 27.1 Å². The lowest BCUT2D eigenvalue weighted by Crippen LogP contribution is -2.23.